The van der Waals surface area contributed by atoms with Crippen LogP contribution in [0, 0.1) is 11.8 Å². The molecule has 1 amide bonds. The van der Waals surface area contributed by atoms with Crippen molar-refractivity contribution in [1.29, 1.82) is 0 Å². The van der Waals surface area contributed by atoms with Gasteiger partial charge in [0.2, 0.25) is 5.91 Å². The minimum atomic E-state index is -0.659. The van der Waals surface area contributed by atoms with Crippen LogP contribution in [-0.4, -0.2) is 34.7 Å². The molecule has 18 heavy (non-hydrogen) atoms. The first kappa shape index (κ1) is 14.2. The Morgan fingerprint density at radius 2 is 2.22 bits per heavy atom. The van der Waals surface area contributed by atoms with Gasteiger partial charge in [-0.1, -0.05) is 32.6 Å². The molecule has 2 unspecified atom stereocenters. The van der Waals surface area contributed by atoms with Crippen LogP contribution in [0.4, 0.5) is 0 Å². The predicted molar refractivity (Wildman–Crippen MR) is 75.6 cm³/mol. The first-order valence-electron chi connectivity index (χ1n) is 7.17. The van der Waals surface area contributed by atoms with Crippen LogP contribution in [0.1, 0.15) is 45.4 Å². The molecule has 1 aliphatic carbocycles. The van der Waals surface area contributed by atoms with Gasteiger partial charge in [0.05, 0.1) is 5.60 Å². The molecular weight excluding hydrogens is 246 g/mol. The lowest BCUT2D eigenvalue weighted by molar-refractivity contribution is -0.126. The summed E-state index contributed by atoms with van der Waals surface area (Å²) in [5.41, 5.74) is -0.659. The normalized spacial score (nSPS) is 30.6. The van der Waals surface area contributed by atoms with Gasteiger partial charge in [-0.2, -0.15) is 11.8 Å². The van der Waals surface area contributed by atoms with E-state index in [1.54, 1.807) is 11.8 Å². The summed E-state index contributed by atoms with van der Waals surface area (Å²) in [6.45, 7) is 2.44. The summed E-state index contributed by atoms with van der Waals surface area (Å²) in [6.07, 6.45) is 7.05. The maximum atomic E-state index is 12.0. The van der Waals surface area contributed by atoms with Crippen molar-refractivity contribution >= 4 is 17.7 Å². The smallest absolute Gasteiger partial charge is 0.222 e. The number of hydrogen-bond acceptors (Lipinski definition) is 3. The molecule has 4 heteroatoms. The Morgan fingerprint density at radius 3 is 2.83 bits per heavy atom. The van der Waals surface area contributed by atoms with Gasteiger partial charge < -0.3 is 10.4 Å². The molecule has 2 atom stereocenters. The summed E-state index contributed by atoms with van der Waals surface area (Å²) < 4.78 is 0. The van der Waals surface area contributed by atoms with E-state index in [1.165, 1.54) is 25.7 Å². The van der Waals surface area contributed by atoms with E-state index in [-0.39, 0.29) is 11.8 Å². The number of rotatable bonds is 5. The van der Waals surface area contributed by atoms with E-state index in [2.05, 4.69) is 5.32 Å². The predicted octanol–water partition coefficient (Wildman–Crippen LogP) is 2.19. The van der Waals surface area contributed by atoms with Crippen molar-refractivity contribution in [1.82, 2.24) is 5.32 Å². The number of nitrogens with one attached hydrogen (secondary N) is 1. The van der Waals surface area contributed by atoms with Crippen molar-refractivity contribution in [2.75, 3.05) is 18.1 Å². The van der Waals surface area contributed by atoms with Crippen LogP contribution in [0.25, 0.3) is 0 Å². The van der Waals surface area contributed by atoms with Gasteiger partial charge in [-0.05, 0) is 24.5 Å². The van der Waals surface area contributed by atoms with E-state index in [1.807, 2.05) is 6.92 Å². The number of carbonyl (C=O) groups is 1. The van der Waals surface area contributed by atoms with E-state index < -0.39 is 5.60 Å². The molecule has 0 aromatic heterocycles. The fourth-order valence-corrected chi connectivity index (χ4v) is 4.31. The minimum Gasteiger partial charge on any atom is -0.387 e. The van der Waals surface area contributed by atoms with Crippen LogP contribution in [-0.2, 0) is 4.79 Å². The maximum absolute atomic E-state index is 12.0. The van der Waals surface area contributed by atoms with E-state index in [4.69, 9.17) is 0 Å². The lowest BCUT2D eigenvalue weighted by Crippen LogP contribution is -2.44. The maximum Gasteiger partial charge on any atom is 0.222 e. The van der Waals surface area contributed by atoms with Crippen molar-refractivity contribution in [3.05, 3.63) is 0 Å². The number of hydrogen-bond donors (Lipinski definition) is 2. The number of carbonyl (C=O) groups excluding carboxylic acids is 1. The largest absolute Gasteiger partial charge is 0.387 e. The molecule has 2 fully saturated rings. The quantitative estimate of drug-likeness (QED) is 0.806. The first-order valence-corrected chi connectivity index (χ1v) is 8.32. The summed E-state index contributed by atoms with van der Waals surface area (Å²) in [5, 5.41) is 13.1. The lowest BCUT2D eigenvalue weighted by atomic mass is 9.93. The molecule has 0 spiro atoms. The third-order valence-electron chi connectivity index (χ3n) is 4.28. The second-order valence-corrected chi connectivity index (χ2v) is 7.14. The Hall–Kier alpha value is -0.220. The summed E-state index contributed by atoms with van der Waals surface area (Å²) >= 11 is 1.77. The van der Waals surface area contributed by atoms with Crippen LogP contribution in [0.2, 0.25) is 0 Å². The molecule has 0 aromatic rings. The fraction of sp³-hybridized carbons (Fsp3) is 0.929. The molecule has 0 radical (unpaired) electrons. The van der Waals surface area contributed by atoms with Crippen molar-refractivity contribution in [2.45, 2.75) is 51.0 Å². The van der Waals surface area contributed by atoms with Gasteiger partial charge in [-0.25, -0.2) is 0 Å². The molecule has 0 aromatic carbocycles. The Bertz CT molecular complexity index is 284. The third kappa shape index (κ3) is 3.89. The van der Waals surface area contributed by atoms with Crippen molar-refractivity contribution in [3.8, 4) is 0 Å². The highest BCUT2D eigenvalue weighted by Crippen LogP contribution is 2.30. The Balaban J connectivity index is 1.69. The molecule has 1 heterocycles. The Morgan fingerprint density at radius 1 is 1.50 bits per heavy atom. The van der Waals surface area contributed by atoms with Gasteiger partial charge in [0.15, 0.2) is 0 Å². The molecular formula is C14H25NO2S. The summed E-state index contributed by atoms with van der Waals surface area (Å²) in [4.78, 5) is 12.0. The van der Waals surface area contributed by atoms with Gasteiger partial charge in [-0.3, -0.25) is 4.79 Å². The first-order chi connectivity index (χ1) is 8.59. The van der Waals surface area contributed by atoms with Crippen molar-refractivity contribution in [3.63, 3.8) is 0 Å². The second kappa shape index (κ2) is 6.29. The SMILES string of the molecule is CC(CC1CCCC1)C(=O)NCC1(O)CCSC1. The molecule has 104 valence electrons. The van der Waals surface area contributed by atoms with Gasteiger partial charge in [0, 0.05) is 18.2 Å². The van der Waals surface area contributed by atoms with E-state index in [0.29, 0.717) is 6.54 Å². The van der Waals surface area contributed by atoms with E-state index >= 15 is 0 Å². The van der Waals surface area contributed by atoms with Crippen LogP contribution in [0.5, 0.6) is 0 Å². The Kier molecular flexibility index (Phi) is 4.96. The van der Waals surface area contributed by atoms with Crippen LogP contribution in [0.15, 0.2) is 0 Å². The van der Waals surface area contributed by atoms with Crippen LogP contribution < -0.4 is 5.32 Å². The highest BCUT2D eigenvalue weighted by Gasteiger charge is 2.32. The highest BCUT2D eigenvalue weighted by molar-refractivity contribution is 7.99. The monoisotopic (exact) mass is 271 g/mol. The molecule has 2 N–H and O–H groups in total. The molecule has 3 nitrogen and oxygen atoms in total. The molecule has 2 aliphatic rings. The second-order valence-electron chi connectivity index (χ2n) is 6.03. The zero-order valence-electron chi connectivity index (χ0n) is 11.3. The minimum absolute atomic E-state index is 0.0887. The standard InChI is InChI=1S/C14H25NO2S/c1-11(8-12-4-2-3-5-12)13(16)15-9-14(17)6-7-18-10-14/h11-12,17H,2-10H2,1H3,(H,15,16). The lowest BCUT2D eigenvalue weighted by Gasteiger charge is -2.23. The van der Waals surface area contributed by atoms with E-state index in [0.717, 1.165) is 30.3 Å². The molecule has 1 aliphatic heterocycles. The Labute approximate surface area is 114 Å². The molecule has 0 bridgehead atoms. The molecule has 2 rings (SSSR count). The average Bonchev–Trinajstić information content (AvgIpc) is 2.98. The zero-order chi connectivity index (χ0) is 13.0. The van der Waals surface area contributed by atoms with Crippen LogP contribution in [0.3, 0.4) is 0 Å². The third-order valence-corrected chi connectivity index (χ3v) is 5.52. The fourth-order valence-electron chi connectivity index (χ4n) is 3.01. The summed E-state index contributed by atoms with van der Waals surface area (Å²) in [7, 11) is 0. The number of amides is 1. The van der Waals surface area contributed by atoms with E-state index in [9.17, 15) is 9.90 Å². The van der Waals surface area contributed by atoms with Gasteiger partial charge in [0.1, 0.15) is 0 Å². The average molecular weight is 271 g/mol. The highest BCUT2D eigenvalue weighted by atomic mass is 32.2. The van der Waals surface area contributed by atoms with Crippen molar-refractivity contribution in [2.24, 2.45) is 11.8 Å². The summed E-state index contributed by atoms with van der Waals surface area (Å²) in [5.74, 6) is 2.71. The van der Waals surface area contributed by atoms with Gasteiger partial charge >= 0.3 is 0 Å². The van der Waals surface area contributed by atoms with Crippen molar-refractivity contribution < 1.29 is 9.90 Å². The molecule has 1 saturated carbocycles. The molecule has 1 saturated heterocycles. The summed E-state index contributed by atoms with van der Waals surface area (Å²) in [6, 6.07) is 0. The van der Waals surface area contributed by atoms with Crippen LogP contribution >= 0.6 is 11.8 Å². The number of thioether (sulfide) groups is 1. The number of aliphatic hydroxyl groups is 1. The zero-order valence-corrected chi connectivity index (χ0v) is 12.1. The topological polar surface area (TPSA) is 49.3 Å². The van der Waals surface area contributed by atoms with Gasteiger partial charge in [0.25, 0.3) is 0 Å². The van der Waals surface area contributed by atoms with Gasteiger partial charge in [-0.15, -0.1) is 0 Å².